The van der Waals surface area contributed by atoms with Crippen LogP contribution in [-0.4, -0.2) is 27.4 Å². The van der Waals surface area contributed by atoms with E-state index in [4.69, 9.17) is 4.74 Å². The molecule has 2 N–H and O–H groups in total. The van der Waals surface area contributed by atoms with Crippen molar-refractivity contribution in [3.8, 4) is 11.3 Å². The van der Waals surface area contributed by atoms with Gasteiger partial charge in [0.2, 0.25) is 5.91 Å². The van der Waals surface area contributed by atoms with E-state index in [0.717, 1.165) is 22.4 Å². The van der Waals surface area contributed by atoms with Gasteiger partial charge in [0.25, 0.3) is 5.56 Å². The first kappa shape index (κ1) is 22.7. The predicted molar refractivity (Wildman–Crippen MR) is 119 cm³/mol. The molecular weight excluding hydrogens is 415 g/mol. The van der Waals surface area contributed by atoms with E-state index in [1.165, 1.54) is 12.1 Å². The first-order chi connectivity index (χ1) is 15.1. The number of anilines is 2. The number of carbonyl (C=O) groups excluding carboxylic acids is 2. The summed E-state index contributed by atoms with van der Waals surface area (Å²) in [6, 6.07) is 15.6. The minimum absolute atomic E-state index is 0.0214. The first-order valence-electron chi connectivity index (χ1n) is 9.84. The van der Waals surface area contributed by atoms with Crippen LogP contribution in [0.25, 0.3) is 11.3 Å². The third-order valence-electron chi connectivity index (χ3n) is 4.12. The van der Waals surface area contributed by atoms with Crippen molar-refractivity contribution in [1.29, 1.82) is 0 Å². The molecule has 0 unspecified atom stereocenters. The van der Waals surface area contributed by atoms with E-state index >= 15 is 0 Å². The Hall–Kier alpha value is -4.01. The van der Waals surface area contributed by atoms with E-state index in [9.17, 15) is 18.8 Å². The predicted octanol–water partition coefficient (Wildman–Crippen LogP) is 4.04. The summed E-state index contributed by atoms with van der Waals surface area (Å²) < 4.78 is 20.0. The van der Waals surface area contributed by atoms with Crippen LogP contribution in [0.4, 0.5) is 20.6 Å². The molecule has 0 saturated heterocycles. The third-order valence-corrected chi connectivity index (χ3v) is 4.12. The van der Waals surface area contributed by atoms with Gasteiger partial charge >= 0.3 is 6.09 Å². The van der Waals surface area contributed by atoms with Crippen LogP contribution in [0.15, 0.2) is 65.5 Å². The topological polar surface area (TPSA) is 102 Å². The molecule has 1 aromatic heterocycles. The highest BCUT2D eigenvalue weighted by molar-refractivity contribution is 5.97. The van der Waals surface area contributed by atoms with Crippen LogP contribution in [0.5, 0.6) is 0 Å². The Labute approximate surface area is 184 Å². The molecule has 8 nitrogen and oxygen atoms in total. The molecule has 0 atom stereocenters. The molecule has 0 saturated carbocycles. The standard InChI is InChI=1S/C23H23FN4O4/c1-23(2,3)32-22(31)26-18-10-9-16(24)13-19(18)25-20(29)14-28-21(30)12-11-17(27-28)15-7-5-4-6-8-15/h4-13H,14H2,1-3H3,(H,25,29)(H,26,31). The number of amides is 2. The second-order valence-corrected chi connectivity index (χ2v) is 7.95. The second-order valence-electron chi connectivity index (χ2n) is 7.95. The number of hydrogen-bond acceptors (Lipinski definition) is 5. The fraction of sp³-hybridized carbons (Fsp3) is 0.217. The Morgan fingerprint density at radius 2 is 1.72 bits per heavy atom. The number of ether oxygens (including phenoxy) is 1. The molecule has 0 bridgehead atoms. The van der Waals surface area contributed by atoms with E-state index in [1.54, 1.807) is 26.8 Å². The number of rotatable bonds is 5. The molecular formula is C23H23FN4O4. The van der Waals surface area contributed by atoms with E-state index in [2.05, 4.69) is 15.7 Å². The number of benzene rings is 2. The summed E-state index contributed by atoms with van der Waals surface area (Å²) in [6.07, 6.45) is -0.756. The Morgan fingerprint density at radius 3 is 2.41 bits per heavy atom. The smallest absolute Gasteiger partial charge is 0.412 e. The molecule has 166 valence electrons. The minimum atomic E-state index is -0.756. The monoisotopic (exact) mass is 438 g/mol. The number of halogens is 1. The maximum absolute atomic E-state index is 13.8. The normalized spacial score (nSPS) is 11.0. The summed E-state index contributed by atoms with van der Waals surface area (Å²) in [5.41, 5.74) is 0.280. The molecule has 0 radical (unpaired) electrons. The molecule has 3 rings (SSSR count). The van der Waals surface area contributed by atoms with Gasteiger partial charge in [-0.25, -0.2) is 13.9 Å². The highest BCUT2D eigenvalue weighted by atomic mass is 19.1. The Kier molecular flexibility index (Phi) is 6.67. The van der Waals surface area contributed by atoms with Crippen molar-refractivity contribution >= 4 is 23.4 Å². The first-order valence-corrected chi connectivity index (χ1v) is 9.84. The van der Waals surface area contributed by atoms with E-state index in [-0.39, 0.29) is 11.4 Å². The molecule has 0 spiro atoms. The van der Waals surface area contributed by atoms with Crippen LogP contribution in [0.2, 0.25) is 0 Å². The summed E-state index contributed by atoms with van der Waals surface area (Å²) in [4.78, 5) is 36.8. The van der Waals surface area contributed by atoms with Crippen molar-refractivity contribution in [1.82, 2.24) is 9.78 Å². The lowest BCUT2D eigenvalue weighted by molar-refractivity contribution is -0.117. The van der Waals surface area contributed by atoms with Gasteiger partial charge < -0.3 is 10.1 Å². The van der Waals surface area contributed by atoms with Gasteiger partial charge in [-0.05, 0) is 45.0 Å². The lowest BCUT2D eigenvalue weighted by atomic mass is 10.1. The van der Waals surface area contributed by atoms with Crippen molar-refractivity contribution in [2.75, 3.05) is 10.6 Å². The van der Waals surface area contributed by atoms with Crippen LogP contribution < -0.4 is 16.2 Å². The molecule has 2 aromatic carbocycles. The zero-order valence-corrected chi connectivity index (χ0v) is 17.9. The van der Waals surface area contributed by atoms with Crippen LogP contribution in [0.1, 0.15) is 20.8 Å². The lowest BCUT2D eigenvalue weighted by Gasteiger charge is -2.20. The Bertz CT molecular complexity index is 1190. The van der Waals surface area contributed by atoms with Crippen molar-refractivity contribution in [2.24, 2.45) is 0 Å². The number of nitrogens with one attached hydrogen (secondary N) is 2. The van der Waals surface area contributed by atoms with Gasteiger partial charge in [0.05, 0.1) is 17.1 Å². The largest absolute Gasteiger partial charge is 0.444 e. The van der Waals surface area contributed by atoms with Gasteiger partial charge in [0.1, 0.15) is 18.0 Å². The minimum Gasteiger partial charge on any atom is -0.444 e. The van der Waals surface area contributed by atoms with Gasteiger partial charge in [0, 0.05) is 11.6 Å². The maximum Gasteiger partial charge on any atom is 0.412 e. The van der Waals surface area contributed by atoms with Crippen molar-refractivity contribution in [2.45, 2.75) is 32.9 Å². The Morgan fingerprint density at radius 1 is 1.00 bits per heavy atom. The van der Waals surface area contributed by atoms with Crippen molar-refractivity contribution < 1.29 is 18.7 Å². The molecule has 0 aliphatic carbocycles. The number of hydrogen-bond donors (Lipinski definition) is 2. The second kappa shape index (κ2) is 9.42. The fourth-order valence-electron chi connectivity index (χ4n) is 2.79. The molecule has 0 fully saturated rings. The molecule has 32 heavy (non-hydrogen) atoms. The summed E-state index contributed by atoms with van der Waals surface area (Å²) in [5, 5.41) is 9.22. The zero-order valence-electron chi connectivity index (χ0n) is 17.9. The molecule has 0 aliphatic heterocycles. The van der Waals surface area contributed by atoms with Gasteiger partial charge in [-0.2, -0.15) is 5.10 Å². The zero-order chi connectivity index (χ0) is 23.3. The van der Waals surface area contributed by atoms with Crippen LogP contribution in [-0.2, 0) is 16.1 Å². The quantitative estimate of drug-likeness (QED) is 0.626. The number of carbonyl (C=O) groups is 2. The molecule has 9 heteroatoms. The molecule has 0 aliphatic rings. The number of nitrogens with zero attached hydrogens (tertiary/aromatic N) is 2. The molecule has 1 heterocycles. The molecule has 3 aromatic rings. The van der Waals surface area contributed by atoms with Crippen molar-refractivity contribution in [3.63, 3.8) is 0 Å². The molecule has 2 amide bonds. The van der Waals surface area contributed by atoms with Crippen LogP contribution >= 0.6 is 0 Å². The number of aromatic nitrogens is 2. The van der Waals surface area contributed by atoms with Crippen molar-refractivity contribution in [3.05, 3.63) is 76.8 Å². The van der Waals surface area contributed by atoms with Gasteiger partial charge in [-0.1, -0.05) is 30.3 Å². The van der Waals surface area contributed by atoms with Crippen LogP contribution in [0.3, 0.4) is 0 Å². The van der Waals surface area contributed by atoms with Gasteiger partial charge in [-0.15, -0.1) is 0 Å². The lowest BCUT2D eigenvalue weighted by Crippen LogP contribution is -2.30. The fourth-order valence-corrected chi connectivity index (χ4v) is 2.79. The van der Waals surface area contributed by atoms with Gasteiger partial charge in [0.15, 0.2) is 0 Å². The highest BCUT2D eigenvalue weighted by Crippen LogP contribution is 2.24. The average molecular weight is 438 g/mol. The summed E-state index contributed by atoms with van der Waals surface area (Å²) in [5.74, 6) is -1.24. The van der Waals surface area contributed by atoms with Gasteiger partial charge in [-0.3, -0.25) is 14.9 Å². The van der Waals surface area contributed by atoms with E-state index in [0.29, 0.717) is 5.69 Å². The summed E-state index contributed by atoms with van der Waals surface area (Å²) in [7, 11) is 0. The third kappa shape index (κ3) is 6.24. The SMILES string of the molecule is CC(C)(C)OC(=O)Nc1ccc(F)cc1NC(=O)Cn1nc(-c2ccccc2)ccc1=O. The summed E-state index contributed by atoms with van der Waals surface area (Å²) >= 11 is 0. The van der Waals surface area contributed by atoms with E-state index in [1.807, 2.05) is 30.3 Å². The highest BCUT2D eigenvalue weighted by Gasteiger charge is 2.18. The van der Waals surface area contributed by atoms with Crippen LogP contribution in [0, 0.1) is 5.82 Å². The van der Waals surface area contributed by atoms with E-state index < -0.39 is 35.5 Å². The Balaban J connectivity index is 1.77. The average Bonchev–Trinajstić information content (AvgIpc) is 2.71. The maximum atomic E-state index is 13.8. The summed E-state index contributed by atoms with van der Waals surface area (Å²) in [6.45, 7) is 4.71.